The van der Waals surface area contributed by atoms with Crippen molar-refractivity contribution in [3.8, 4) is 51.8 Å². The summed E-state index contributed by atoms with van der Waals surface area (Å²) in [7, 11) is -2.39. The second-order valence-electron chi connectivity index (χ2n) is 17.7. The van der Waals surface area contributed by atoms with E-state index in [1.54, 1.807) is 33.0 Å². The first-order valence-electron chi connectivity index (χ1n) is 22.9. The molecule has 330 valence electrons. The van der Waals surface area contributed by atoms with Gasteiger partial charge in [0.1, 0.15) is 40.2 Å². The van der Waals surface area contributed by atoms with Crippen molar-refractivity contribution in [2.75, 3.05) is 11.5 Å². The van der Waals surface area contributed by atoms with Crippen molar-refractivity contribution >= 4 is 141 Å². The van der Waals surface area contributed by atoms with E-state index in [0.717, 1.165) is 74.8 Å². The van der Waals surface area contributed by atoms with Gasteiger partial charge in [0.05, 0.1) is 55.0 Å². The number of anilines is 2. The van der Waals surface area contributed by atoms with Crippen LogP contribution in [0.5, 0.6) is 0 Å². The first-order chi connectivity index (χ1) is 31.8. The molecule has 11 rings (SSSR count). The van der Waals surface area contributed by atoms with Crippen molar-refractivity contribution in [1.29, 1.82) is 0 Å². The number of para-hydroxylation sites is 2. The minimum absolute atomic E-state index is 0.659. The number of nitrogen functional groups attached to an aromatic ring is 2. The van der Waals surface area contributed by atoms with Gasteiger partial charge in [0.25, 0.3) is 0 Å². The number of nitrogens with two attached hydrogens (primary N) is 2. The van der Waals surface area contributed by atoms with Crippen LogP contribution in [0, 0.1) is 11.8 Å². The largest absolute Gasteiger partial charge is 0.398 e. The number of rotatable bonds is 16. The minimum atomic E-state index is -2.39. The molecule has 7 heterocycles. The van der Waals surface area contributed by atoms with E-state index in [9.17, 15) is 0 Å². The van der Waals surface area contributed by atoms with Gasteiger partial charge < -0.3 is 11.5 Å². The fourth-order valence-corrected chi connectivity index (χ4v) is 24.0. The number of thiophene rings is 2. The number of hydrogen-bond donors (Lipinski definition) is 2. The van der Waals surface area contributed by atoms with E-state index < -0.39 is 8.07 Å². The molecule has 0 aliphatic carbocycles. The maximum absolute atomic E-state index is 7.10. The lowest BCUT2D eigenvalue weighted by atomic mass is 10.0. The Balaban J connectivity index is 1.10. The summed E-state index contributed by atoms with van der Waals surface area (Å²) in [6, 6.07) is 28.6. The van der Waals surface area contributed by atoms with Gasteiger partial charge in [0.15, 0.2) is 0 Å². The predicted molar refractivity (Wildman–Crippen MR) is 288 cm³/mol. The zero-order valence-electron chi connectivity index (χ0n) is 36.9. The first kappa shape index (κ1) is 43.1. The van der Waals surface area contributed by atoms with Gasteiger partial charge in [-0.3, -0.25) is 0 Å². The smallest absolute Gasteiger partial charge is 0.128 e. The lowest BCUT2D eigenvalue weighted by molar-refractivity contribution is 0.469. The Hall–Kier alpha value is -4.48. The number of hydrogen-bond acceptors (Lipinski definition) is 14. The van der Waals surface area contributed by atoms with E-state index >= 15 is 0 Å². The Labute approximate surface area is 404 Å². The molecule has 1 aliphatic rings. The lowest BCUT2D eigenvalue weighted by Crippen LogP contribution is -2.56. The Morgan fingerprint density at radius 1 is 0.538 bits per heavy atom. The second kappa shape index (κ2) is 17.6. The van der Waals surface area contributed by atoms with Gasteiger partial charge in [0, 0.05) is 42.0 Å². The molecule has 0 bridgehead atoms. The van der Waals surface area contributed by atoms with Crippen LogP contribution in [-0.4, -0.2) is 35.5 Å². The van der Waals surface area contributed by atoms with Crippen LogP contribution in [0.15, 0.2) is 72.8 Å². The monoisotopic (exact) mass is 982 g/mol. The zero-order chi connectivity index (χ0) is 44.4. The van der Waals surface area contributed by atoms with E-state index in [4.69, 9.17) is 38.9 Å². The molecule has 65 heavy (non-hydrogen) atoms. The number of unbranched alkanes of at least 4 members (excludes halogenated alkanes) is 2. The van der Waals surface area contributed by atoms with Crippen molar-refractivity contribution in [3.63, 3.8) is 0 Å². The third-order valence-electron chi connectivity index (χ3n) is 13.7. The summed E-state index contributed by atoms with van der Waals surface area (Å²) in [5.74, 6) is 1.32. The molecule has 2 unspecified atom stereocenters. The van der Waals surface area contributed by atoms with Gasteiger partial charge in [-0.2, -0.15) is 17.5 Å². The van der Waals surface area contributed by atoms with E-state index in [1.165, 1.54) is 106 Å². The van der Waals surface area contributed by atoms with Crippen molar-refractivity contribution in [3.05, 3.63) is 72.8 Å². The van der Waals surface area contributed by atoms with Gasteiger partial charge in [-0.25, -0.2) is 9.97 Å². The third kappa shape index (κ3) is 7.36. The van der Waals surface area contributed by atoms with E-state index in [1.807, 2.05) is 34.8 Å². The molecule has 0 radical (unpaired) electrons. The Morgan fingerprint density at radius 2 is 0.969 bits per heavy atom. The van der Waals surface area contributed by atoms with Gasteiger partial charge in [0.2, 0.25) is 0 Å². The Morgan fingerprint density at radius 3 is 1.38 bits per heavy atom. The van der Waals surface area contributed by atoms with Crippen LogP contribution in [0.1, 0.15) is 79.1 Å². The topological polar surface area (TPSA) is 129 Å². The van der Waals surface area contributed by atoms with E-state index in [-0.39, 0.29) is 0 Å². The lowest BCUT2D eigenvalue weighted by Gasteiger charge is -2.35. The van der Waals surface area contributed by atoms with Crippen LogP contribution in [0.4, 0.5) is 11.4 Å². The fourth-order valence-electron chi connectivity index (χ4n) is 10.3. The van der Waals surface area contributed by atoms with Gasteiger partial charge in [-0.1, -0.05) is 103 Å². The molecule has 0 spiro atoms. The van der Waals surface area contributed by atoms with Crippen LogP contribution in [0.2, 0.25) is 12.1 Å². The number of thiazole rings is 2. The molecule has 6 aromatic heterocycles. The average Bonchev–Trinajstić information content (AvgIpc) is 4.18. The summed E-state index contributed by atoms with van der Waals surface area (Å²) in [6.45, 7) is 9.53. The van der Waals surface area contributed by atoms with Crippen molar-refractivity contribution in [2.24, 2.45) is 11.8 Å². The number of nitrogens with zero attached hydrogens (tertiary/aromatic N) is 6. The first-order valence-corrected chi connectivity index (χ1v) is 30.1. The van der Waals surface area contributed by atoms with Gasteiger partial charge in [-0.15, -0.1) is 45.3 Å². The van der Waals surface area contributed by atoms with Gasteiger partial charge >= 0.3 is 0 Å². The summed E-state index contributed by atoms with van der Waals surface area (Å²) < 4.78 is 22.1. The highest BCUT2D eigenvalue weighted by molar-refractivity contribution is 7.32. The molecule has 15 heteroatoms. The highest BCUT2D eigenvalue weighted by Crippen LogP contribution is 2.52. The number of benzene rings is 4. The van der Waals surface area contributed by atoms with Crippen LogP contribution < -0.4 is 21.8 Å². The normalized spacial score (nSPS) is 14.3. The molecule has 0 amide bonds. The van der Waals surface area contributed by atoms with Crippen LogP contribution in [0.3, 0.4) is 0 Å². The summed E-state index contributed by atoms with van der Waals surface area (Å²) >= 11 is 9.71. The van der Waals surface area contributed by atoms with E-state index in [2.05, 4.69) is 88.4 Å². The molecule has 0 saturated carbocycles. The SMILES string of the molecule is CCCCC(CC)C[Si]1(CC(CC)CCCC)c2cc(-c3cc(N)c(-c4nc5ccccc5s4)c4nsnc34)sc2-c2sc(-c3cc(N)c(-c4nc5ccccc5s4)c4nsnc34)cc21. The van der Waals surface area contributed by atoms with Crippen molar-refractivity contribution < 1.29 is 0 Å². The highest BCUT2D eigenvalue weighted by atomic mass is 32.1. The fraction of sp³-hybridized carbons (Fsp3) is 0.320. The summed E-state index contributed by atoms with van der Waals surface area (Å²) in [5, 5.41) is 5.01. The second-order valence-corrected chi connectivity index (χ2v) is 27.0. The van der Waals surface area contributed by atoms with Crippen molar-refractivity contribution in [1.82, 2.24) is 27.5 Å². The molecular formula is C50H50N8S6Si. The molecule has 1 aliphatic heterocycles. The molecule has 8 nitrogen and oxygen atoms in total. The summed E-state index contributed by atoms with van der Waals surface area (Å²) in [5.41, 5.74) is 24.9. The van der Waals surface area contributed by atoms with E-state index in [0.29, 0.717) is 23.2 Å². The Bertz CT molecular complexity index is 3080. The van der Waals surface area contributed by atoms with Crippen LogP contribution in [-0.2, 0) is 0 Å². The molecule has 4 N–H and O–H groups in total. The summed E-state index contributed by atoms with van der Waals surface area (Å²) in [6.07, 6.45) is 9.92. The van der Waals surface area contributed by atoms with Gasteiger partial charge in [-0.05, 0) is 82.8 Å². The molecule has 0 saturated heterocycles. The third-order valence-corrected chi connectivity index (χ3v) is 25.2. The molecule has 4 aromatic carbocycles. The van der Waals surface area contributed by atoms with Crippen LogP contribution >= 0.6 is 68.8 Å². The van der Waals surface area contributed by atoms with Crippen LogP contribution in [0.25, 0.3) is 94.3 Å². The summed E-state index contributed by atoms with van der Waals surface area (Å²) in [4.78, 5) is 15.4. The standard InChI is InChI=1S/C50H50N8S6Si/c1-5-9-15-27(7-3)25-65(26-28(8-4)16-10-6-2)39-23-37(29-21-31(51)41(45-43(29)55-63-57-45)49-53-33-17-11-13-19-35(33)61-49)59-47(39)48-40(65)24-38(60-48)30-22-32(52)42(46-44(30)56-64-58-46)50-54-34-18-12-14-20-36(34)62-50/h11-14,17-24,27-28H,5-10,15-16,25-26,51-52H2,1-4H3. The van der Waals surface area contributed by atoms with Crippen molar-refractivity contribution in [2.45, 2.75) is 91.1 Å². The quantitative estimate of drug-likeness (QED) is 0.0723. The number of aromatic nitrogens is 6. The molecule has 10 aromatic rings. The number of fused-ring (bicyclic) bond motifs is 7. The Kier molecular flexibility index (Phi) is 11.7. The average molecular weight is 983 g/mol. The maximum atomic E-state index is 7.10. The molecular weight excluding hydrogens is 933 g/mol. The molecule has 0 fully saturated rings. The highest BCUT2D eigenvalue weighted by Gasteiger charge is 2.50. The minimum Gasteiger partial charge on any atom is -0.398 e. The zero-order valence-corrected chi connectivity index (χ0v) is 42.8. The predicted octanol–water partition coefficient (Wildman–Crippen LogP) is 14.8. The maximum Gasteiger partial charge on any atom is 0.128 e. The molecule has 2 atom stereocenters.